The fourth-order valence-corrected chi connectivity index (χ4v) is 3.30. The molecule has 3 aromatic rings. The molecule has 0 spiro atoms. The Hall–Kier alpha value is -2.88. The summed E-state index contributed by atoms with van der Waals surface area (Å²) in [6.07, 6.45) is 7.49. The maximum Gasteiger partial charge on any atom is 0.253 e. The molecule has 0 saturated carbocycles. The Labute approximate surface area is 147 Å². The summed E-state index contributed by atoms with van der Waals surface area (Å²) >= 11 is 0. The molecule has 1 amide bonds. The lowest BCUT2D eigenvalue weighted by molar-refractivity contribution is 0.0724. The summed E-state index contributed by atoms with van der Waals surface area (Å²) in [5, 5.41) is 8.49. The summed E-state index contributed by atoms with van der Waals surface area (Å²) in [6.45, 7) is 1.76. The van der Waals surface area contributed by atoms with Crippen LogP contribution in [0.15, 0.2) is 48.5 Å². The van der Waals surface area contributed by atoms with Crippen molar-refractivity contribution in [3.63, 3.8) is 0 Å². The van der Waals surface area contributed by atoms with Gasteiger partial charge in [-0.05, 0) is 49.1 Å². The standard InChI is InChI=1S/C21H21N3O/c25-21(24-14-4-1-5-15-24)17-11-8-16(9-12-17)10-13-20-18-6-2-3-7-19(18)22-23-20/h2-3,6-13H,1,4-5,14-15H2,(H,22,23)/b13-10+. The highest BCUT2D eigenvalue weighted by atomic mass is 16.2. The topological polar surface area (TPSA) is 49.0 Å². The van der Waals surface area contributed by atoms with E-state index in [1.807, 2.05) is 59.5 Å². The number of carbonyl (C=O) groups excluding carboxylic acids is 1. The van der Waals surface area contributed by atoms with Gasteiger partial charge in [-0.3, -0.25) is 9.89 Å². The molecule has 0 aliphatic carbocycles. The first-order chi connectivity index (χ1) is 12.3. The molecule has 25 heavy (non-hydrogen) atoms. The number of H-pyrrole nitrogens is 1. The Balaban J connectivity index is 1.49. The van der Waals surface area contributed by atoms with Crippen LogP contribution in [0.1, 0.15) is 40.9 Å². The van der Waals surface area contributed by atoms with Crippen LogP contribution in [0.5, 0.6) is 0 Å². The number of hydrogen-bond acceptors (Lipinski definition) is 2. The summed E-state index contributed by atoms with van der Waals surface area (Å²) in [5.74, 6) is 0.147. The zero-order chi connectivity index (χ0) is 17.1. The number of hydrogen-bond donors (Lipinski definition) is 1. The third-order valence-electron chi connectivity index (χ3n) is 4.73. The Morgan fingerprint density at radius 3 is 2.52 bits per heavy atom. The second kappa shape index (κ2) is 6.93. The number of aromatic nitrogens is 2. The normalized spacial score (nSPS) is 15.1. The summed E-state index contributed by atoms with van der Waals surface area (Å²) in [5.41, 5.74) is 3.78. The van der Waals surface area contributed by atoms with Gasteiger partial charge < -0.3 is 4.90 Å². The van der Waals surface area contributed by atoms with Crippen LogP contribution in [-0.4, -0.2) is 34.1 Å². The average molecular weight is 331 g/mol. The maximum atomic E-state index is 12.5. The van der Waals surface area contributed by atoms with Gasteiger partial charge in [-0.1, -0.05) is 36.4 Å². The molecule has 0 bridgehead atoms. The van der Waals surface area contributed by atoms with Crippen LogP contribution in [0.25, 0.3) is 23.1 Å². The number of likely N-dealkylation sites (tertiary alicyclic amines) is 1. The Kier molecular flexibility index (Phi) is 4.34. The molecule has 1 fully saturated rings. The van der Waals surface area contributed by atoms with E-state index in [1.165, 1.54) is 6.42 Å². The summed E-state index contributed by atoms with van der Waals surface area (Å²) in [6, 6.07) is 15.9. The number of nitrogens with zero attached hydrogens (tertiary/aromatic N) is 2. The van der Waals surface area contributed by atoms with E-state index in [2.05, 4.69) is 16.3 Å². The highest BCUT2D eigenvalue weighted by Crippen LogP contribution is 2.18. The minimum Gasteiger partial charge on any atom is -0.339 e. The summed E-state index contributed by atoms with van der Waals surface area (Å²) < 4.78 is 0. The van der Waals surface area contributed by atoms with Gasteiger partial charge >= 0.3 is 0 Å². The predicted octanol–water partition coefficient (Wildman–Crippen LogP) is 4.36. The molecule has 2 heterocycles. The monoisotopic (exact) mass is 331 g/mol. The van der Waals surface area contributed by atoms with Gasteiger partial charge in [0.1, 0.15) is 0 Å². The number of carbonyl (C=O) groups is 1. The van der Waals surface area contributed by atoms with Gasteiger partial charge in [0.25, 0.3) is 5.91 Å². The van der Waals surface area contributed by atoms with Crippen LogP contribution < -0.4 is 0 Å². The Morgan fingerprint density at radius 2 is 1.72 bits per heavy atom. The molecule has 1 aliphatic heterocycles. The number of para-hydroxylation sites is 1. The fraction of sp³-hybridized carbons (Fsp3) is 0.238. The highest BCUT2D eigenvalue weighted by molar-refractivity contribution is 5.94. The van der Waals surface area contributed by atoms with Crippen molar-refractivity contribution in [1.82, 2.24) is 15.1 Å². The van der Waals surface area contributed by atoms with E-state index < -0.39 is 0 Å². The van der Waals surface area contributed by atoms with E-state index in [-0.39, 0.29) is 5.91 Å². The van der Waals surface area contributed by atoms with Crippen LogP contribution in [-0.2, 0) is 0 Å². The molecule has 0 unspecified atom stereocenters. The van der Waals surface area contributed by atoms with Gasteiger partial charge in [0.05, 0.1) is 11.2 Å². The van der Waals surface area contributed by atoms with Gasteiger partial charge in [-0.2, -0.15) is 5.10 Å². The Bertz CT molecular complexity index is 902. The molecule has 0 atom stereocenters. The second-order valence-electron chi connectivity index (χ2n) is 6.46. The van der Waals surface area contributed by atoms with Crippen LogP contribution in [0, 0.1) is 0 Å². The SMILES string of the molecule is O=C(c1ccc(/C=C/c2n[nH]c3ccccc23)cc1)N1CCCCC1. The third-order valence-corrected chi connectivity index (χ3v) is 4.73. The van der Waals surface area contributed by atoms with Crippen molar-refractivity contribution >= 4 is 29.0 Å². The molecule has 4 heteroatoms. The van der Waals surface area contributed by atoms with Crippen molar-refractivity contribution in [2.24, 2.45) is 0 Å². The number of amides is 1. The number of nitrogens with one attached hydrogen (secondary N) is 1. The number of aromatic amines is 1. The van der Waals surface area contributed by atoms with Crippen molar-refractivity contribution in [2.75, 3.05) is 13.1 Å². The average Bonchev–Trinajstić information content (AvgIpc) is 3.10. The fourth-order valence-electron chi connectivity index (χ4n) is 3.30. The van der Waals surface area contributed by atoms with Crippen molar-refractivity contribution in [3.8, 4) is 0 Å². The van der Waals surface area contributed by atoms with Crippen molar-refractivity contribution in [1.29, 1.82) is 0 Å². The smallest absolute Gasteiger partial charge is 0.253 e. The van der Waals surface area contributed by atoms with E-state index in [1.54, 1.807) is 0 Å². The minimum absolute atomic E-state index is 0.147. The van der Waals surface area contributed by atoms with E-state index in [9.17, 15) is 4.79 Å². The number of fused-ring (bicyclic) bond motifs is 1. The summed E-state index contributed by atoms with van der Waals surface area (Å²) in [7, 11) is 0. The number of piperidine rings is 1. The molecular formula is C21H21N3O. The van der Waals surface area contributed by atoms with Crippen molar-refractivity contribution in [2.45, 2.75) is 19.3 Å². The first-order valence-electron chi connectivity index (χ1n) is 8.82. The van der Waals surface area contributed by atoms with Gasteiger partial charge in [0, 0.05) is 24.0 Å². The van der Waals surface area contributed by atoms with Crippen LogP contribution >= 0.6 is 0 Å². The quantitative estimate of drug-likeness (QED) is 0.775. The molecular weight excluding hydrogens is 310 g/mol. The zero-order valence-corrected chi connectivity index (χ0v) is 14.1. The van der Waals surface area contributed by atoms with Crippen LogP contribution in [0.2, 0.25) is 0 Å². The molecule has 1 aromatic heterocycles. The van der Waals surface area contributed by atoms with Crippen LogP contribution in [0.3, 0.4) is 0 Å². The van der Waals surface area contributed by atoms with Gasteiger partial charge in [0.15, 0.2) is 0 Å². The van der Waals surface area contributed by atoms with Gasteiger partial charge in [-0.25, -0.2) is 0 Å². The van der Waals surface area contributed by atoms with Crippen LogP contribution in [0.4, 0.5) is 0 Å². The lowest BCUT2D eigenvalue weighted by Gasteiger charge is -2.26. The zero-order valence-electron chi connectivity index (χ0n) is 14.1. The van der Waals surface area contributed by atoms with E-state index in [0.717, 1.165) is 53.7 Å². The number of rotatable bonds is 3. The van der Waals surface area contributed by atoms with E-state index in [0.29, 0.717) is 0 Å². The molecule has 4 nitrogen and oxygen atoms in total. The molecule has 4 rings (SSSR count). The molecule has 1 aliphatic rings. The van der Waals surface area contributed by atoms with Crippen molar-refractivity contribution in [3.05, 3.63) is 65.4 Å². The lowest BCUT2D eigenvalue weighted by Crippen LogP contribution is -2.35. The first-order valence-corrected chi connectivity index (χ1v) is 8.82. The van der Waals surface area contributed by atoms with E-state index >= 15 is 0 Å². The first kappa shape index (κ1) is 15.6. The second-order valence-corrected chi connectivity index (χ2v) is 6.46. The minimum atomic E-state index is 0.147. The molecule has 1 saturated heterocycles. The van der Waals surface area contributed by atoms with Gasteiger partial charge in [0.2, 0.25) is 0 Å². The highest BCUT2D eigenvalue weighted by Gasteiger charge is 2.17. The Morgan fingerprint density at radius 1 is 0.960 bits per heavy atom. The summed E-state index contributed by atoms with van der Waals surface area (Å²) in [4.78, 5) is 14.5. The maximum absolute atomic E-state index is 12.5. The molecule has 2 aromatic carbocycles. The number of benzene rings is 2. The lowest BCUT2D eigenvalue weighted by atomic mass is 10.1. The van der Waals surface area contributed by atoms with Crippen molar-refractivity contribution < 1.29 is 4.79 Å². The molecule has 0 radical (unpaired) electrons. The predicted molar refractivity (Wildman–Crippen MR) is 101 cm³/mol. The van der Waals surface area contributed by atoms with Gasteiger partial charge in [-0.15, -0.1) is 0 Å². The molecule has 1 N–H and O–H groups in total. The molecule has 126 valence electrons. The van der Waals surface area contributed by atoms with E-state index in [4.69, 9.17) is 0 Å². The third kappa shape index (κ3) is 3.33. The largest absolute Gasteiger partial charge is 0.339 e.